The van der Waals surface area contributed by atoms with Gasteiger partial charge in [-0.25, -0.2) is 9.97 Å². The van der Waals surface area contributed by atoms with E-state index >= 15 is 0 Å². The van der Waals surface area contributed by atoms with Crippen LogP contribution in [-0.4, -0.2) is 38.8 Å². The lowest BCUT2D eigenvalue weighted by molar-refractivity contribution is 0.143. The molecule has 2 aromatic heterocycles. The van der Waals surface area contributed by atoms with Crippen LogP contribution in [0.5, 0.6) is 5.88 Å². The average molecular weight is 387 g/mol. The van der Waals surface area contributed by atoms with Gasteiger partial charge < -0.3 is 9.72 Å². The molecule has 6 nitrogen and oxygen atoms in total. The zero-order valence-electron chi connectivity index (χ0n) is 15.7. The summed E-state index contributed by atoms with van der Waals surface area (Å²) in [5, 5.41) is 0.697. The predicted octanol–water partition coefficient (Wildman–Crippen LogP) is 3.16. The van der Waals surface area contributed by atoms with Crippen LogP contribution in [0.1, 0.15) is 48.9 Å². The van der Waals surface area contributed by atoms with Gasteiger partial charge >= 0.3 is 0 Å². The van der Waals surface area contributed by atoms with E-state index in [2.05, 4.69) is 25.9 Å². The molecule has 7 heteroatoms. The summed E-state index contributed by atoms with van der Waals surface area (Å²) < 4.78 is 6.23. The molecule has 144 valence electrons. The van der Waals surface area contributed by atoms with Crippen LogP contribution in [0.3, 0.4) is 0 Å². The summed E-state index contributed by atoms with van der Waals surface area (Å²) in [6.07, 6.45) is 10.8. The Bertz CT molecular complexity index is 848. The van der Waals surface area contributed by atoms with Gasteiger partial charge in [-0.2, -0.15) is 0 Å². The van der Waals surface area contributed by atoms with Crippen LogP contribution in [-0.2, 0) is 19.5 Å². The maximum atomic E-state index is 12.4. The fourth-order valence-electron chi connectivity index (χ4n) is 3.92. The summed E-state index contributed by atoms with van der Waals surface area (Å²) in [6.45, 7) is 2.23. The molecule has 0 spiro atoms. The molecule has 0 amide bonds. The molecule has 1 aliphatic carbocycles. The molecule has 1 fully saturated rings. The number of thioether (sulfide) groups is 1. The molecule has 0 atom stereocenters. The van der Waals surface area contributed by atoms with E-state index in [4.69, 9.17) is 4.74 Å². The Labute approximate surface area is 163 Å². The van der Waals surface area contributed by atoms with Crippen molar-refractivity contribution < 1.29 is 4.74 Å². The molecule has 2 aliphatic rings. The number of H-pyrrole nitrogens is 1. The Morgan fingerprint density at radius 3 is 3.00 bits per heavy atom. The minimum atomic E-state index is -0.0149. The van der Waals surface area contributed by atoms with E-state index in [-0.39, 0.29) is 11.7 Å². The molecule has 4 rings (SSSR count). The molecule has 2 aromatic rings. The molecule has 1 N–H and O–H groups in total. The molecule has 0 bridgehead atoms. The highest BCUT2D eigenvalue weighted by Crippen LogP contribution is 2.26. The maximum absolute atomic E-state index is 12.4. The number of pyridine rings is 1. The first-order chi connectivity index (χ1) is 13.2. The van der Waals surface area contributed by atoms with Gasteiger partial charge in [-0.05, 0) is 38.0 Å². The van der Waals surface area contributed by atoms with E-state index in [0.29, 0.717) is 11.7 Å². The van der Waals surface area contributed by atoms with Crippen molar-refractivity contribution in [2.24, 2.45) is 0 Å². The summed E-state index contributed by atoms with van der Waals surface area (Å²) in [5.41, 5.74) is 2.80. The van der Waals surface area contributed by atoms with Gasteiger partial charge in [0.1, 0.15) is 6.10 Å². The minimum Gasteiger partial charge on any atom is -0.474 e. The van der Waals surface area contributed by atoms with Crippen molar-refractivity contribution in [1.82, 2.24) is 19.9 Å². The molecule has 0 saturated heterocycles. The van der Waals surface area contributed by atoms with Crippen molar-refractivity contribution in [2.45, 2.75) is 62.9 Å². The summed E-state index contributed by atoms with van der Waals surface area (Å²) in [4.78, 5) is 26.6. The lowest BCUT2D eigenvalue weighted by Gasteiger charge is -2.29. The first kappa shape index (κ1) is 18.5. The van der Waals surface area contributed by atoms with Crippen molar-refractivity contribution >= 4 is 11.8 Å². The van der Waals surface area contributed by atoms with E-state index in [1.165, 1.54) is 31.0 Å². The zero-order chi connectivity index (χ0) is 18.6. The van der Waals surface area contributed by atoms with E-state index in [1.54, 1.807) is 6.20 Å². The monoisotopic (exact) mass is 386 g/mol. The summed E-state index contributed by atoms with van der Waals surface area (Å²) >= 11 is 1.47. The third-order valence-electron chi connectivity index (χ3n) is 5.39. The SMILES string of the molecule is CSc1nc2c(c(=O)[nH]1)CN(Cc1cccnc1OC1CCCCC1)CC2. The highest BCUT2D eigenvalue weighted by atomic mass is 32.2. The number of ether oxygens (including phenoxy) is 1. The van der Waals surface area contributed by atoms with Crippen molar-refractivity contribution in [3.63, 3.8) is 0 Å². The van der Waals surface area contributed by atoms with E-state index in [9.17, 15) is 4.79 Å². The number of fused-ring (bicyclic) bond motifs is 1. The maximum Gasteiger partial charge on any atom is 0.256 e. The predicted molar refractivity (Wildman–Crippen MR) is 106 cm³/mol. The molecule has 1 aliphatic heterocycles. The number of aromatic amines is 1. The van der Waals surface area contributed by atoms with Gasteiger partial charge in [0.2, 0.25) is 5.88 Å². The fourth-order valence-corrected chi connectivity index (χ4v) is 4.32. The van der Waals surface area contributed by atoms with Crippen LogP contribution >= 0.6 is 11.8 Å². The van der Waals surface area contributed by atoms with Crippen LogP contribution in [0, 0.1) is 0 Å². The van der Waals surface area contributed by atoms with Crippen LogP contribution in [0.25, 0.3) is 0 Å². The van der Waals surface area contributed by atoms with Gasteiger partial charge in [0.15, 0.2) is 5.16 Å². The summed E-state index contributed by atoms with van der Waals surface area (Å²) in [7, 11) is 0. The standard InChI is InChI=1S/C20H26N4O2S/c1-27-20-22-17-9-11-24(13-16(17)18(25)23-20)12-14-6-5-10-21-19(14)26-15-7-3-2-4-8-15/h5-6,10,15H,2-4,7-9,11-13H2,1H3,(H,22,23,25). The Morgan fingerprint density at radius 2 is 2.19 bits per heavy atom. The first-order valence-corrected chi connectivity index (χ1v) is 10.9. The average Bonchev–Trinajstić information content (AvgIpc) is 2.70. The van der Waals surface area contributed by atoms with Crippen molar-refractivity contribution in [3.05, 3.63) is 45.5 Å². The van der Waals surface area contributed by atoms with Crippen molar-refractivity contribution in [1.29, 1.82) is 0 Å². The van der Waals surface area contributed by atoms with E-state index < -0.39 is 0 Å². The first-order valence-electron chi connectivity index (χ1n) is 9.72. The second-order valence-electron chi connectivity index (χ2n) is 7.31. The molecule has 0 radical (unpaired) electrons. The smallest absolute Gasteiger partial charge is 0.256 e. The largest absolute Gasteiger partial charge is 0.474 e. The van der Waals surface area contributed by atoms with Gasteiger partial charge in [-0.15, -0.1) is 0 Å². The summed E-state index contributed by atoms with van der Waals surface area (Å²) in [5.74, 6) is 0.750. The number of rotatable bonds is 5. The second-order valence-corrected chi connectivity index (χ2v) is 8.10. The highest BCUT2D eigenvalue weighted by Gasteiger charge is 2.23. The topological polar surface area (TPSA) is 71.1 Å². The van der Waals surface area contributed by atoms with E-state index in [1.807, 2.05) is 12.3 Å². The summed E-state index contributed by atoms with van der Waals surface area (Å²) in [6, 6.07) is 4.04. The number of hydrogen-bond donors (Lipinski definition) is 1. The lowest BCUT2D eigenvalue weighted by atomic mass is 9.98. The lowest BCUT2D eigenvalue weighted by Crippen LogP contribution is -2.35. The number of hydrogen-bond acceptors (Lipinski definition) is 6. The van der Waals surface area contributed by atoms with Gasteiger partial charge in [0.25, 0.3) is 5.56 Å². The Kier molecular flexibility index (Phi) is 5.78. The molecule has 3 heterocycles. The van der Waals surface area contributed by atoms with Crippen LogP contribution in [0.2, 0.25) is 0 Å². The van der Waals surface area contributed by atoms with Gasteiger partial charge in [0, 0.05) is 37.8 Å². The minimum absolute atomic E-state index is 0.0149. The highest BCUT2D eigenvalue weighted by molar-refractivity contribution is 7.98. The van der Waals surface area contributed by atoms with Crippen molar-refractivity contribution in [2.75, 3.05) is 12.8 Å². The Hall–Kier alpha value is -1.86. The molecule has 27 heavy (non-hydrogen) atoms. The van der Waals surface area contributed by atoms with Gasteiger partial charge in [-0.3, -0.25) is 9.69 Å². The number of nitrogens with one attached hydrogen (secondary N) is 1. The third-order valence-corrected chi connectivity index (χ3v) is 5.97. The molecule has 0 unspecified atom stereocenters. The van der Waals surface area contributed by atoms with Crippen molar-refractivity contribution in [3.8, 4) is 5.88 Å². The molecular formula is C20H26N4O2S. The van der Waals surface area contributed by atoms with Crippen LogP contribution < -0.4 is 10.3 Å². The Morgan fingerprint density at radius 1 is 1.33 bits per heavy atom. The number of aromatic nitrogens is 3. The van der Waals surface area contributed by atoms with E-state index in [0.717, 1.165) is 55.1 Å². The quantitative estimate of drug-likeness (QED) is 0.629. The fraction of sp³-hybridized carbons (Fsp3) is 0.550. The zero-order valence-corrected chi connectivity index (χ0v) is 16.6. The third kappa shape index (κ3) is 4.35. The van der Waals surface area contributed by atoms with Crippen LogP contribution in [0.4, 0.5) is 0 Å². The van der Waals surface area contributed by atoms with Gasteiger partial charge in [-0.1, -0.05) is 24.2 Å². The van der Waals surface area contributed by atoms with Gasteiger partial charge in [0.05, 0.1) is 11.3 Å². The molecule has 1 saturated carbocycles. The second kappa shape index (κ2) is 8.44. The van der Waals surface area contributed by atoms with Crippen LogP contribution in [0.15, 0.2) is 28.3 Å². The molecular weight excluding hydrogens is 360 g/mol. The number of nitrogens with zero attached hydrogens (tertiary/aromatic N) is 3. The normalized spacial score (nSPS) is 18.3. The molecule has 0 aromatic carbocycles. The Balaban J connectivity index is 1.48.